The molecule has 0 amide bonds. The Hall–Kier alpha value is -1.95. The molecule has 1 aromatic carbocycles. The van der Waals surface area contributed by atoms with Crippen molar-refractivity contribution in [1.29, 1.82) is 0 Å². The summed E-state index contributed by atoms with van der Waals surface area (Å²) in [6.07, 6.45) is 8.68. The number of hydrogen-bond donors (Lipinski definition) is 0. The lowest BCUT2D eigenvalue weighted by Gasteiger charge is -2.37. The van der Waals surface area contributed by atoms with E-state index in [-0.39, 0.29) is 31.0 Å². The van der Waals surface area contributed by atoms with Crippen molar-refractivity contribution in [3.8, 4) is 0 Å². The Balaban J connectivity index is 1.39. The number of hydrogen-bond acceptors (Lipinski definition) is 4. The second-order valence-corrected chi connectivity index (χ2v) is 8.94. The van der Waals surface area contributed by atoms with Gasteiger partial charge in [-0.15, -0.1) is 0 Å². The van der Waals surface area contributed by atoms with Crippen molar-refractivity contribution in [2.24, 2.45) is 11.8 Å². The van der Waals surface area contributed by atoms with E-state index in [9.17, 15) is 18.4 Å². The van der Waals surface area contributed by atoms with E-state index < -0.39 is 22.6 Å². The topological polar surface area (TPSA) is 52.6 Å². The van der Waals surface area contributed by atoms with E-state index >= 15 is 0 Å². The smallest absolute Gasteiger partial charge is 0.330 e. The molecule has 170 valence electrons. The van der Waals surface area contributed by atoms with Gasteiger partial charge in [0, 0.05) is 6.08 Å². The van der Waals surface area contributed by atoms with Crippen LogP contribution in [0.2, 0.25) is 5.02 Å². The van der Waals surface area contributed by atoms with E-state index in [0.717, 1.165) is 57.4 Å². The highest BCUT2D eigenvalue weighted by Gasteiger charge is 2.32. The molecule has 2 aliphatic carbocycles. The maximum absolute atomic E-state index is 13.8. The van der Waals surface area contributed by atoms with Crippen molar-refractivity contribution in [2.45, 2.75) is 69.8 Å². The number of benzene rings is 1. The normalized spacial score (nSPS) is 26.2. The molecule has 3 rings (SSSR count). The van der Waals surface area contributed by atoms with E-state index in [4.69, 9.17) is 21.1 Å². The highest BCUT2D eigenvalue weighted by molar-refractivity contribution is 6.30. The van der Waals surface area contributed by atoms with Gasteiger partial charge in [-0.25, -0.2) is 13.6 Å². The quantitative estimate of drug-likeness (QED) is 0.283. The zero-order valence-corrected chi connectivity index (χ0v) is 18.3. The van der Waals surface area contributed by atoms with Gasteiger partial charge in [0.15, 0.2) is 0 Å². The molecule has 0 atom stereocenters. The third-order valence-electron chi connectivity index (χ3n) is 6.65. The van der Waals surface area contributed by atoms with Gasteiger partial charge in [-0.2, -0.15) is 0 Å². The zero-order chi connectivity index (χ0) is 22.4. The molecule has 2 aliphatic rings. The van der Waals surface area contributed by atoms with Gasteiger partial charge in [0.1, 0.15) is 29.4 Å². The summed E-state index contributed by atoms with van der Waals surface area (Å²) in [5.74, 6) is -0.894. The Labute approximate surface area is 186 Å². The first-order valence-electron chi connectivity index (χ1n) is 11.0. The summed E-state index contributed by atoms with van der Waals surface area (Å²) in [4.78, 5) is 22.9. The summed E-state index contributed by atoms with van der Waals surface area (Å²) >= 11 is 5.60. The Morgan fingerprint density at radius 3 is 2.10 bits per heavy atom. The molecule has 2 fully saturated rings. The number of carbonyl (C=O) groups is 2. The predicted octanol–water partition coefficient (Wildman–Crippen LogP) is 6.11. The maximum atomic E-state index is 13.8. The second-order valence-electron chi connectivity index (χ2n) is 8.56. The molecular weight excluding hydrogens is 426 g/mol. The van der Waals surface area contributed by atoms with Crippen LogP contribution in [-0.2, 0) is 19.1 Å². The Morgan fingerprint density at radius 2 is 1.55 bits per heavy atom. The molecule has 2 saturated carbocycles. The monoisotopic (exact) mass is 454 g/mol. The standard InChI is InChI=1S/C24H29ClF2O4/c1-2-22(28)30-12-11-23(29)31-19-9-7-16(8-10-19)15-3-5-17(6-4-15)18-13-20(26)24(25)21(27)14-18/h2,13-17,19H,1,3-12H2. The van der Waals surface area contributed by atoms with Gasteiger partial charge in [-0.05, 0) is 86.8 Å². The van der Waals surface area contributed by atoms with Crippen LogP contribution in [0.15, 0.2) is 24.8 Å². The molecule has 1 aromatic rings. The molecule has 7 heteroatoms. The molecule has 0 spiro atoms. The van der Waals surface area contributed by atoms with Crippen molar-refractivity contribution >= 4 is 23.5 Å². The Bertz CT molecular complexity index is 774. The first kappa shape index (κ1) is 23.7. The molecule has 0 saturated heterocycles. The first-order valence-corrected chi connectivity index (χ1v) is 11.4. The number of carbonyl (C=O) groups excluding carboxylic acids is 2. The lowest BCUT2D eigenvalue weighted by atomic mass is 9.69. The lowest BCUT2D eigenvalue weighted by molar-refractivity contribution is -0.153. The summed E-state index contributed by atoms with van der Waals surface area (Å²) < 4.78 is 37.9. The van der Waals surface area contributed by atoms with Crippen molar-refractivity contribution in [2.75, 3.05) is 6.61 Å². The van der Waals surface area contributed by atoms with Gasteiger partial charge in [0.2, 0.25) is 0 Å². The molecular formula is C24H29ClF2O4. The fourth-order valence-electron chi connectivity index (χ4n) is 4.95. The molecule has 0 heterocycles. The second kappa shape index (κ2) is 11.1. The van der Waals surface area contributed by atoms with Crippen LogP contribution in [0.5, 0.6) is 0 Å². The Morgan fingerprint density at radius 1 is 1.00 bits per heavy atom. The van der Waals surface area contributed by atoms with Gasteiger partial charge in [0.25, 0.3) is 0 Å². The average molecular weight is 455 g/mol. The molecule has 0 unspecified atom stereocenters. The minimum atomic E-state index is -0.689. The van der Waals surface area contributed by atoms with Crippen LogP contribution in [-0.4, -0.2) is 24.6 Å². The lowest BCUT2D eigenvalue weighted by Crippen LogP contribution is -2.29. The SMILES string of the molecule is C=CC(=O)OCCC(=O)OC1CCC(C2CCC(c3cc(F)c(Cl)c(F)c3)CC2)CC1. The molecule has 0 aliphatic heterocycles. The predicted molar refractivity (Wildman–Crippen MR) is 114 cm³/mol. The van der Waals surface area contributed by atoms with E-state index in [0.29, 0.717) is 17.4 Å². The zero-order valence-electron chi connectivity index (χ0n) is 17.6. The number of halogens is 3. The number of ether oxygens (including phenoxy) is 2. The summed E-state index contributed by atoms with van der Waals surface area (Å²) in [5, 5.41) is -0.437. The summed E-state index contributed by atoms with van der Waals surface area (Å²) in [6.45, 7) is 3.31. The summed E-state index contributed by atoms with van der Waals surface area (Å²) in [6, 6.07) is 2.74. The Kier molecular flexibility index (Phi) is 8.47. The van der Waals surface area contributed by atoms with Gasteiger partial charge >= 0.3 is 11.9 Å². The van der Waals surface area contributed by atoms with Crippen LogP contribution < -0.4 is 0 Å². The molecule has 0 aromatic heterocycles. The van der Waals surface area contributed by atoms with Gasteiger partial charge < -0.3 is 9.47 Å². The third-order valence-corrected chi connectivity index (χ3v) is 7.01. The largest absolute Gasteiger partial charge is 0.462 e. The van der Waals surface area contributed by atoms with Crippen LogP contribution in [0, 0.1) is 23.5 Å². The van der Waals surface area contributed by atoms with Crippen molar-refractivity contribution in [3.63, 3.8) is 0 Å². The van der Waals surface area contributed by atoms with Gasteiger partial charge in [-0.3, -0.25) is 4.79 Å². The van der Waals surface area contributed by atoms with E-state index in [1.54, 1.807) is 0 Å². The fourth-order valence-corrected chi connectivity index (χ4v) is 5.06. The van der Waals surface area contributed by atoms with E-state index in [1.807, 2.05) is 0 Å². The van der Waals surface area contributed by atoms with Crippen molar-refractivity contribution in [1.82, 2.24) is 0 Å². The van der Waals surface area contributed by atoms with E-state index in [2.05, 4.69) is 6.58 Å². The molecule has 0 radical (unpaired) electrons. The minimum absolute atomic E-state index is 0.00366. The van der Waals surface area contributed by atoms with Crippen molar-refractivity contribution < 1.29 is 27.8 Å². The molecule has 31 heavy (non-hydrogen) atoms. The number of rotatable bonds is 7. The van der Waals surface area contributed by atoms with Crippen LogP contribution in [0.25, 0.3) is 0 Å². The molecule has 0 N–H and O–H groups in total. The first-order chi connectivity index (χ1) is 14.9. The minimum Gasteiger partial charge on any atom is -0.462 e. The van der Waals surface area contributed by atoms with Gasteiger partial charge in [-0.1, -0.05) is 18.2 Å². The van der Waals surface area contributed by atoms with Gasteiger partial charge in [0.05, 0.1) is 6.42 Å². The van der Waals surface area contributed by atoms with Crippen LogP contribution in [0.4, 0.5) is 8.78 Å². The summed E-state index contributed by atoms with van der Waals surface area (Å²) in [5.41, 5.74) is 0.701. The molecule has 0 bridgehead atoms. The highest BCUT2D eigenvalue weighted by atomic mass is 35.5. The fraction of sp³-hybridized carbons (Fsp3) is 0.583. The maximum Gasteiger partial charge on any atom is 0.330 e. The number of esters is 2. The van der Waals surface area contributed by atoms with Crippen molar-refractivity contribution in [3.05, 3.63) is 47.0 Å². The van der Waals surface area contributed by atoms with Crippen LogP contribution in [0.1, 0.15) is 69.3 Å². The average Bonchev–Trinajstić information content (AvgIpc) is 2.77. The van der Waals surface area contributed by atoms with Crippen LogP contribution in [0.3, 0.4) is 0 Å². The molecule has 4 nitrogen and oxygen atoms in total. The van der Waals surface area contributed by atoms with Crippen LogP contribution >= 0.6 is 11.6 Å². The third kappa shape index (κ3) is 6.52. The highest BCUT2D eigenvalue weighted by Crippen LogP contribution is 2.43. The van der Waals surface area contributed by atoms with E-state index in [1.165, 1.54) is 12.1 Å². The summed E-state index contributed by atoms with van der Waals surface area (Å²) in [7, 11) is 0.